The van der Waals surface area contributed by atoms with Crippen molar-refractivity contribution in [3.05, 3.63) is 152 Å². The standard InChI is InChI=1S/C41H25N3O/c1-2-11-28-25-38-34(24-27(28)10-1)31-12-3-6-17-36(31)44-37-18-7-5-16-35(37)42-41(44)43(38)29-22-20-26(21-23-29)30-14-9-15-33-32-13-4-8-19-39(32)45-40(30)33/h1-25H. The second kappa shape index (κ2) is 9.18. The quantitative estimate of drug-likeness (QED) is 0.206. The molecule has 0 radical (unpaired) electrons. The summed E-state index contributed by atoms with van der Waals surface area (Å²) in [6.07, 6.45) is 0. The van der Waals surface area contributed by atoms with Crippen LogP contribution in [0, 0.1) is 0 Å². The number of anilines is 3. The fourth-order valence-electron chi connectivity index (χ4n) is 7.05. The van der Waals surface area contributed by atoms with E-state index in [1.807, 2.05) is 12.1 Å². The maximum absolute atomic E-state index is 6.38. The second-order valence-corrected chi connectivity index (χ2v) is 11.6. The van der Waals surface area contributed by atoms with Crippen molar-refractivity contribution in [2.24, 2.45) is 0 Å². The Labute approximate surface area is 259 Å². The van der Waals surface area contributed by atoms with E-state index in [-0.39, 0.29) is 0 Å². The molecule has 3 heterocycles. The Morgan fingerprint density at radius 1 is 0.511 bits per heavy atom. The molecule has 0 spiro atoms. The maximum atomic E-state index is 6.38. The molecule has 0 saturated carbocycles. The van der Waals surface area contributed by atoms with E-state index in [0.717, 1.165) is 67.1 Å². The summed E-state index contributed by atoms with van der Waals surface area (Å²) in [5.74, 6) is 0.866. The molecular formula is C41H25N3O. The molecular weight excluding hydrogens is 550 g/mol. The van der Waals surface area contributed by atoms with Gasteiger partial charge in [-0.25, -0.2) is 4.98 Å². The summed E-state index contributed by atoms with van der Waals surface area (Å²) in [7, 11) is 0. The minimum atomic E-state index is 0.866. The summed E-state index contributed by atoms with van der Waals surface area (Å²) in [5.41, 5.74) is 11.7. The Morgan fingerprint density at radius 2 is 1.22 bits per heavy atom. The summed E-state index contributed by atoms with van der Waals surface area (Å²) in [6.45, 7) is 0. The van der Waals surface area contributed by atoms with Crippen LogP contribution in [0.15, 0.2) is 156 Å². The summed E-state index contributed by atoms with van der Waals surface area (Å²) in [4.78, 5) is 7.58. The highest BCUT2D eigenvalue weighted by atomic mass is 16.3. The number of para-hydroxylation sites is 5. The van der Waals surface area contributed by atoms with Crippen LogP contribution in [0.1, 0.15) is 0 Å². The molecule has 0 atom stereocenters. The van der Waals surface area contributed by atoms with Gasteiger partial charge in [0.2, 0.25) is 5.95 Å². The Kier molecular flexibility index (Phi) is 4.96. The zero-order chi connectivity index (χ0) is 29.5. The van der Waals surface area contributed by atoms with Crippen molar-refractivity contribution in [3.8, 4) is 27.9 Å². The molecule has 0 bridgehead atoms. The molecule has 4 nitrogen and oxygen atoms in total. The SMILES string of the molecule is c1ccc2c(c1)-c1cc3ccccc3cc1N(c1ccc(-c3cccc4c3oc3ccccc34)cc1)c1nc3ccccc3n1-2. The summed E-state index contributed by atoms with van der Waals surface area (Å²) >= 11 is 0. The first kappa shape index (κ1) is 24.3. The zero-order valence-corrected chi connectivity index (χ0v) is 24.2. The zero-order valence-electron chi connectivity index (χ0n) is 24.2. The number of imidazole rings is 1. The van der Waals surface area contributed by atoms with Gasteiger partial charge >= 0.3 is 0 Å². The van der Waals surface area contributed by atoms with Gasteiger partial charge in [0.05, 0.1) is 22.4 Å². The van der Waals surface area contributed by atoms with Gasteiger partial charge in [-0.15, -0.1) is 0 Å². The van der Waals surface area contributed by atoms with E-state index in [1.54, 1.807) is 0 Å². The molecule has 7 aromatic carbocycles. The number of fused-ring (bicyclic) bond motifs is 11. The number of benzene rings is 7. The van der Waals surface area contributed by atoms with Gasteiger partial charge in [0, 0.05) is 33.2 Å². The van der Waals surface area contributed by atoms with E-state index in [2.05, 4.69) is 149 Å². The van der Waals surface area contributed by atoms with Crippen LogP contribution >= 0.6 is 0 Å². The lowest BCUT2D eigenvalue weighted by atomic mass is 9.97. The first-order chi connectivity index (χ1) is 22.3. The molecule has 0 aliphatic carbocycles. The van der Waals surface area contributed by atoms with Crippen LogP contribution < -0.4 is 4.90 Å². The lowest BCUT2D eigenvalue weighted by Crippen LogP contribution is -2.14. The largest absolute Gasteiger partial charge is 0.455 e. The minimum Gasteiger partial charge on any atom is -0.455 e. The highest BCUT2D eigenvalue weighted by Crippen LogP contribution is 2.49. The minimum absolute atomic E-state index is 0.866. The molecule has 1 aliphatic rings. The van der Waals surface area contributed by atoms with Crippen molar-refractivity contribution in [2.75, 3.05) is 4.90 Å². The summed E-state index contributed by atoms with van der Waals surface area (Å²) in [5, 5.41) is 4.67. The van der Waals surface area contributed by atoms with E-state index in [4.69, 9.17) is 9.40 Å². The highest BCUT2D eigenvalue weighted by Gasteiger charge is 2.29. The van der Waals surface area contributed by atoms with E-state index < -0.39 is 0 Å². The van der Waals surface area contributed by atoms with Gasteiger partial charge in [0.25, 0.3) is 0 Å². The number of hydrogen-bond donors (Lipinski definition) is 0. The van der Waals surface area contributed by atoms with E-state index in [9.17, 15) is 0 Å². The molecule has 0 amide bonds. The molecule has 0 fully saturated rings. The third-order valence-corrected chi connectivity index (χ3v) is 9.12. The van der Waals surface area contributed by atoms with Crippen LogP contribution in [-0.4, -0.2) is 9.55 Å². The van der Waals surface area contributed by atoms with Crippen LogP contribution in [0.2, 0.25) is 0 Å². The number of hydrogen-bond acceptors (Lipinski definition) is 3. The predicted molar refractivity (Wildman–Crippen MR) is 185 cm³/mol. The smallest absolute Gasteiger partial charge is 0.220 e. The van der Waals surface area contributed by atoms with Crippen LogP contribution in [0.4, 0.5) is 17.3 Å². The van der Waals surface area contributed by atoms with Gasteiger partial charge in [-0.1, -0.05) is 103 Å². The van der Waals surface area contributed by atoms with Crippen molar-refractivity contribution >= 4 is 61.1 Å². The van der Waals surface area contributed by atoms with Gasteiger partial charge in [-0.2, -0.15) is 0 Å². The number of furan rings is 1. The maximum Gasteiger partial charge on any atom is 0.220 e. The van der Waals surface area contributed by atoms with Crippen LogP contribution in [0.3, 0.4) is 0 Å². The number of rotatable bonds is 2. The van der Waals surface area contributed by atoms with Gasteiger partial charge in [-0.3, -0.25) is 9.47 Å². The van der Waals surface area contributed by atoms with E-state index in [0.29, 0.717) is 0 Å². The third-order valence-electron chi connectivity index (χ3n) is 9.12. The van der Waals surface area contributed by atoms with Gasteiger partial charge in [0.1, 0.15) is 11.2 Å². The van der Waals surface area contributed by atoms with E-state index >= 15 is 0 Å². The van der Waals surface area contributed by atoms with Crippen LogP contribution in [0.25, 0.3) is 71.7 Å². The Balaban J connectivity index is 1.23. The average molecular weight is 576 g/mol. The second-order valence-electron chi connectivity index (χ2n) is 11.6. The van der Waals surface area contributed by atoms with Gasteiger partial charge in [0.15, 0.2) is 0 Å². The molecule has 4 heteroatoms. The van der Waals surface area contributed by atoms with Crippen molar-refractivity contribution in [1.82, 2.24) is 9.55 Å². The molecule has 0 N–H and O–H groups in total. The molecule has 10 rings (SSSR count). The van der Waals surface area contributed by atoms with Crippen molar-refractivity contribution in [3.63, 3.8) is 0 Å². The topological polar surface area (TPSA) is 34.2 Å². The summed E-state index contributed by atoms with van der Waals surface area (Å²) < 4.78 is 8.68. The first-order valence-electron chi connectivity index (χ1n) is 15.2. The predicted octanol–water partition coefficient (Wildman–Crippen LogP) is 11.2. The van der Waals surface area contributed by atoms with E-state index in [1.165, 1.54) is 21.9 Å². The molecule has 0 saturated heterocycles. The number of aromatic nitrogens is 2. The Morgan fingerprint density at radius 3 is 2.13 bits per heavy atom. The van der Waals surface area contributed by atoms with Gasteiger partial charge in [-0.05, 0) is 64.9 Å². The fourth-order valence-corrected chi connectivity index (χ4v) is 7.05. The highest BCUT2D eigenvalue weighted by molar-refractivity contribution is 6.09. The molecule has 210 valence electrons. The first-order valence-corrected chi connectivity index (χ1v) is 15.2. The normalized spacial score (nSPS) is 12.4. The van der Waals surface area contributed by atoms with Crippen molar-refractivity contribution in [1.29, 1.82) is 0 Å². The molecule has 0 unspecified atom stereocenters. The van der Waals surface area contributed by atoms with Gasteiger partial charge < -0.3 is 4.42 Å². The van der Waals surface area contributed by atoms with Crippen molar-refractivity contribution in [2.45, 2.75) is 0 Å². The Hall–Kier alpha value is -6.13. The Bertz CT molecular complexity index is 2610. The lowest BCUT2D eigenvalue weighted by Gasteiger charge is -2.25. The summed E-state index contributed by atoms with van der Waals surface area (Å²) in [6, 6.07) is 53.7. The third kappa shape index (κ3) is 3.51. The average Bonchev–Trinajstić information content (AvgIpc) is 3.64. The molecule has 9 aromatic rings. The van der Waals surface area contributed by atoms with Crippen LogP contribution in [-0.2, 0) is 0 Å². The monoisotopic (exact) mass is 575 g/mol. The molecule has 45 heavy (non-hydrogen) atoms. The molecule has 1 aliphatic heterocycles. The lowest BCUT2D eigenvalue weighted by molar-refractivity contribution is 0.670. The van der Waals surface area contributed by atoms with Crippen LogP contribution in [0.5, 0.6) is 0 Å². The fraction of sp³-hybridized carbons (Fsp3) is 0. The molecule has 2 aromatic heterocycles. The van der Waals surface area contributed by atoms with Crippen molar-refractivity contribution < 1.29 is 4.42 Å². The number of nitrogens with zero attached hydrogens (tertiary/aromatic N) is 3.